The molecule has 1 aromatic heterocycles. The highest BCUT2D eigenvalue weighted by Crippen LogP contribution is 2.28. The van der Waals surface area contributed by atoms with Gasteiger partial charge in [0.05, 0.1) is 21.6 Å². The Labute approximate surface area is 152 Å². The summed E-state index contributed by atoms with van der Waals surface area (Å²) >= 11 is 6.29. The van der Waals surface area contributed by atoms with Gasteiger partial charge in [0.1, 0.15) is 5.82 Å². The van der Waals surface area contributed by atoms with E-state index in [1.165, 1.54) is 4.57 Å². The van der Waals surface area contributed by atoms with Crippen molar-refractivity contribution in [2.75, 3.05) is 0 Å². The van der Waals surface area contributed by atoms with Crippen LogP contribution in [0.15, 0.2) is 71.5 Å². The molecule has 3 aromatic carbocycles. The highest BCUT2D eigenvalue weighted by Gasteiger charge is 2.18. The summed E-state index contributed by atoms with van der Waals surface area (Å²) in [5.74, 6) is -1.90. The second-order valence-electron chi connectivity index (χ2n) is 5.67. The standard InChI is InChI=1S/C20H11ClF2N2O/c21-15-9-5-4-8-13(15)19-24-18-11-17(23)16(22)10-14(18)20(26)25(19)12-6-2-1-3-7-12/h1-11H. The van der Waals surface area contributed by atoms with Gasteiger partial charge >= 0.3 is 0 Å². The Hall–Kier alpha value is -3.05. The van der Waals surface area contributed by atoms with Crippen LogP contribution in [0.1, 0.15) is 0 Å². The topological polar surface area (TPSA) is 34.9 Å². The lowest BCUT2D eigenvalue weighted by Gasteiger charge is -2.15. The lowest BCUT2D eigenvalue weighted by Crippen LogP contribution is -2.22. The van der Waals surface area contributed by atoms with Gasteiger partial charge in [-0.15, -0.1) is 0 Å². The predicted molar refractivity (Wildman–Crippen MR) is 97.7 cm³/mol. The molecule has 26 heavy (non-hydrogen) atoms. The highest BCUT2D eigenvalue weighted by atomic mass is 35.5. The maximum Gasteiger partial charge on any atom is 0.266 e. The van der Waals surface area contributed by atoms with Crippen molar-refractivity contribution in [1.82, 2.24) is 9.55 Å². The van der Waals surface area contributed by atoms with Gasteiger partial charge in [-0.2, -0.15) is 0 Å². The second-order valence-corrected chi connectivity index (χ2v) is 6.08. The number of aromatic nitrogens is 2. The van der Waals surface area contributed by atoms with Crippen molar-refractivity contribution in [1.29, 1.82) is 0 Å². The van der Waals surface area contributed by atoms with Crippen molar-refractivity contribution in [2.24, 2.45) is 0 Å². The van der Waals surface area contributed by atoms with E-state index in [9.17, 15) is 13.6 Å². The van der Waals surface area contributed by atoms with Gasteiger partial charge < -0.3 is 0 Å². The number of rotatable bonds is 2. The minimum atomic E-state index is -1.10. The molecule has 0 unspecified atom stereocenters. The Kier molecular flexibility index (Phi) is 4.01. The SMILES string of the molecule is O=c1c2cc(F)c(F)cc2nc(-c2ccccc2Cl)n1-c1ccccc1. The molecular weight excluding hydrogens is 358 g/mol. The van der Waals surface area contributed by atoms with Gasteiger partial charge in [0.2, 0.25) is 0 Å². The Balaban J connectivity index is 2.17. The van der Waals surface area contributed by atoms with Crippen LogP contribution in [-0.4, -0.2) is 9.55 Å². The molecule has 128 valence electrons. The van der Waals surface area contributed by atoms with Gasteiger partial charge in [-0.1, -0.05) is 41.9 Å². The molecule has 0 aliphatic heterocycles. The molecule has 0 saturated heterocycles. The second kappa shape index (κ2) is 6.35. The smallest absolute Gasteiger partial charge is 0.266 e. The van der Waals surface area contributed by atoms with Crippen molar-refractivity contribution in [3.8, 4) is 17.1 Å². The summed E-state index contributed by atoms with van der Waals surface area (Å²) in [6, 6.07) is 17.5. The van der Waals surface area contributed by atoms with E-state index in [-0.39, 0.29) is 16.7 Å². The fraction of sp³-hybridized carbons (Fsp3) is 0. The van der Waals surface area contributed by atoms with E-state index in [1.807, 2.05) is 6.07 Å². The first-order valence-electron chi connectivity index (χ1n) is 7.78. The molecule has 0 aliphatic rings. The lowest BCUT2D eigenvalue weighted by molar-refractivity contribution is 0.510. The van der Waals surface area contributed by atoms with Crippen LogP contribution in [-0.2, 0) is 0 Å². The molecule has 0 spiro atoms. The number of benzene rings is 3. The predicted octanol–water partition coefficient (Wildman–Crippen LogP) is 4.98. The fourth-order valence-corrected chi connectivity index (χ4v) is 3.04. The third kappa shape index (κ3) is 2.66. The minimum Gasteiger partial charge on any atom is -0.268 e. The monoisotopic (exact) mass is 368 g/mol. The number of para-hydroxylation sites is 1. The van der Waals surface area contributed by atoms with Crippen LogP contribution in [0.5, 0.6) is 0 Å². The first kappa shape index (κ1) is 16.4. The van der Waals surface area contributed by atoms with Crippen LogP contribution in [0.4, 0.5) is 8.78 Å². The van der Waals surface area contributed by atoms with Crippen molar-refractivity contribution < 1.29 is 8.78 Å². The van der Waals surface area contributed by atoms with Gasteiger partial charge in [0.25, 0.3) is 5.56 Å². The largest absolute Gasteiger partial charge is 0.268 e. The average molecular weight is 369 g/mol. The van der Waals surface area contributed by atoms with Crippen molar-refractivity contribution in [2.45, 2.75) is 0 Å². The molecule has 0 atom stereocenters. The summed E-state index contributed by atoms with van der Waals surface area (Å²) in [7, 11) is 0. The van der Waals surface area contributed by atoms with Crippen LogP contribution in [0.2, 0.25) is 5.02 Å². The van der Waals surface area contributed by atoms with Gasteiger partial charge in [0.15, 0.2) is 11.6 Å². The zero-order chi connectivity index (χ0) is 18.3. The Morgan fingerprint density at radius 3 is 2.27 bits per heavy atom. The van der Waals surface area contributed by atoms with E-state index < -0.39 is 17.2 Å². The molecule has 0 bridgehead atoms. The van der Waals surface area contributed by atoms with Gasteiger partial charge in [0, 0.05) is 11.6 Å². The third-order valence-corrected chi connectivity index (χ3v) is 4.37. The Morgan fingerprint density at radius 1 is 0.885 bits per heavy atom. The maximum atomic E-state index is 13.7. The quantitative estimate of drug-likeness (QED) is 0.500. The van der Waals surface area contributed by atoms with E-state index >= 15 is 0 Å². The first-order chi connectivity index (χ1) is 12.6. The molecule has 3 nitrogen and oxygen atoms in total. The molecule has 4 rings (SSSR count). The number of nitrogens with zero attached hydrogens (tertiary/aromatic N) is 2. The third-order valence-electron chi connectivity index (χ3n) is 4.04. The van der Waals surface area contributed by atoms with E-state index in [4.69, 9.17) is 11.6 Å². The van der Waals surface area contributed by atoms with E-state index in [0.717, 1.165) is 12.1 Å². The van der Waals surface area contributed by atoms with Gasteiger partial charge in [-0.25, -0.2) is 13.8 Å². The van der Waals surface area contributed by atoms with Crippen LogP contribution in [0.3, 0.4) is 0 Å². The number of halogens is 3. The Bertz CT molecular complexity index is 1190. The molecule has 0 aliphatic carbocycles. The van der Waals surface area contributed by atoms with Gasteiger partial charge in [-0.05, 0) is 30.3 Å². The van der Waals surface area contributed by atoms with E-state index in [2.05, 4.69) is 4.98 Å². The molecule has 0 radical (unpaired) electrons. The zero-order valence-electron chi connectivity index (χ0n) is 13.3. The molecule has 6 heteroatoms. The highest BCUT2D eigenvalue weighted by molar-refractivity contribution is 6.33. The van der Waals surface area contributed by atoms with Crippen molar-refractivity contribution in [3.05, 3.63) is 93.7 Å². The number of fused-ring (bicyclic) bond motifs is 1. The minimum absolute atomic E-state index is 0.0106. The number of hydrogen-bond acceptors (Lipinski definition) is 2. The molecule has 0 fully saturated rings. The summed E-state index contributed by atoms with van der Waals surface area (Å²) in [4.78, 5) is 17.5. The summed E-state index contributed by atoms with van der Waals surface area (Å²) in [6.45, 7) is 0. The van der Waals surface area contributed by atoms with Crippen LogP contribution in [0, 0.1) is 11.6 Å². The maximum absolute atomic E-state index is 13.7. The summed E-state index contributed by atoms with van der Waals surface area (Å²) in [5.41, 5.74) is 0.624. The van der Waals surface area contributed by atoms with Crippen LogP contribution in [0.25, 0.3) is 28.0 Å². The number of hydrogen-bond donors (Lipinski definition) is 0. The summed E-state index contributed by atoms with van der Waals surface area (Å²) in [6.07, 6.45) is 0. The Morgan fingerprint density at radius 2 is 1.54 bits per heavy atom. The zero-order valence-corrected chi connectivity index (χ0v) is 14.0. The normalized spacial score (nSPS) is 11.0. The first-order valence-corrected chi connectivity index (χ1v) is 8.16. The molecule has 0 saturated carbocycles. The van der Waals surface area contributed by atoms with Crippen molar-refractivity contribution in [3.63, 3.8) is 0 Å². The summed E-state index contributed by atoms with van der Waals surface area (Å²) in [5, 5.41) is 0.384. The lowest BCUT2D eigenvalue weighted by atomic mass is 10.1. The van der Waals surface area contributed by atoms with Gasteiger partial charge in [-0.3, -0.25) is 9.36 Å². The fourth-order valence-electron chi connectivity index (χ4n) is 2.82. The molecule has 0 amide bonds. The molecule has 4 aromatic rings. The summed E-state index contributed by atoms with van der Waals surface area (Å²) < 4.78 is 28.7. The van der Waals surface area contributed by atoms with E-state index in [0.29, 0.717) is 16.3 Å². The van der Waals surface area contributed by atoms with Crippen LogP contribution >= 0.6 is 11.6 Å². The van der Waals surface area contributed by atoms with Crippen molar-refractivity contribution >= 4 is 22.5 Å². The molecular formula is C20H11ClF2N2O. The van der Waals surface area contributed by atoms with E-state index in [1.54, 1.807) is 48.5 Å². The van der Waals surface area contributed by atoms with Crippen LogP contribution < -0.4 is 5.56 Å². The molecule has 1 heterocycles. The average Bonchev–Trinajstić information content (AvgIpc) is 2.64. The molecule has 0 N–H and O–H groups in total.